The van der Waals surface area contributed by atoms with Crippen molar-refractivity contribution in [2.24, 2.45) is 0 Å². The second-order valence-electron chi connectivity index (χ2n) is 8.22. The van der Waals surface area contributed by atoms with Crippen molar-refractivity contribution in [2.75, 3.05) is 32.8 Å². The van der Waals surface area contributed by atoms with Gasteiger partial charge in [-0.25, -0.2) is 16.8 Å². The molecular formula is C24H33N3O6S2. The molecule has 11 heteroatoms. The number of carbonyl (C=O) groups excluding carboxylic acids is 1. The molecule has 0 bridgehead atoms. The Morgan fingerprint density at radius 1 is 0.914 bits per heavy atom. The molecule has 192 valence electrons. The fourth-order valence-electron chi connectivity index (χ4n) is 3.84. The van der Waals surface area contributed by atoms with E-state index in [1.54, 1.807) is 43.3 Å². The van der Waals surface area contributed by atoms with E-state index in [2.05, 4.69) is 5.32 Å². The average molecular weight is 524 g/mol. The summed E-state index contributed by atoms with van der Waals surface area (Å²) in [4.78, 5) is 12.8. The molecule has 0 aromatic heterocycles. The summed E-state index contributed by atoms with van der Waals surface area (Å²) < 4.78 is 59.4. The zero-order valence-corrected chi connectivity index (χ0v) is 21.8. The highest BCUT2D eigenvalue weighted by Gasteiger charge is 2.26. The van der Waals surface area contributed by atoms with Crippen molar-refractivity contribution in [3.8, 4) is 5.75 Å². The maximum absolute atomic E-state index is 12.9. The van der Waals surface area contributed by atoms with Crippen LogP contribution in [-0.2, 0) is 31.4 Å². The Balaban J connectivity index is 1.58. The van der Waals surface area contributed by atoms with Crippen LogP contribution in [-0.4, -0.2) is 64.1 Å². The van der Waals surface area contributed by atoms with Gasteiger partial charge in [-0.1, -0.05) is 25.5 Å². The minimum atomic E-state index is -3.85. The molecule has 1 heterocycles. The van der Waals surface area contributed by atoms with Gasteiger partial charge in [-0.15, -0.1) is 0 Å². The second-order valence-corrected chi connectivity index (χ2v) is 12.1. The fourth-order valence-corrected chi connectivity index (χ4v) is 6.76. The first-order chi connectivity index (χ1) is 16.7. The SMILES string of the molecule is CCOc1ccc(S(=O)(=O)N(CC)CC(=O)NCc2ccc(S(=O)(=O)N3CCCCC3)cc2)cc1. The van der Waals surface area contributed by atoms with Gasteiger partial charge in [0, 0.05) is 26.2 Å². The zero-order chi connectivity index (χ0) is 25.5. The van der Waals surface area contributed by atoms with Crippen molar-refractivity contribution >= 4 is 26.0 Å². The lowest BCUT2D eigenvalue weighted by atomic mass is 10.2. The molecule has 1 aliphatic rings. The molecule has 0 saturated carbocycles. The predicted octanol–water partition coefficient (Wildman–Crippen LogP) is 2.59. The highest BCUT2D eigenvalue weighted by molar-refractivity contribution is 7.89. The molecule has 2 aromatic carbocycles. The number of likely N-dealkylation sites (N-methyl/N-ethyl adjacent to an activating group) is 1. The van der Waals surface area contributed by atoms with Crippen LogP contribution in [0.4, 0.5) is 0 Å². The maximum atomic E-state index is 12.9. The van der Waals surface area contributed by atoms with E-state index in [1.165, 1.54) is 16.4 Å². The van der Waals surface area contributed by atoms with Crippen LogP contribution in [0.2, 0.25) is 0 Å². The Labute approximate surface area is 208 Å². The molecule has 3 rings (SSSR count). The van der Waals surface area contributed by atoms with Gasteiger partial charge >= 0.3 is 0 Å². The monoisotopic (exact) mass is 523 g/mol. The van der Waals surface area contributed by atoms with Crippen molar-refractivity contribution in [3.05, 3.63) is 54.1 Å². The van der Waals surface area contributed by atoms with Gasteiger partial charge in [0.1, 0.15) is 5.75 Å². The smallest absolute Gasteiger partial charge is 0.243 e. The van der Waals surface area contributed by atoms with Crippen molar-refractivity contribution in [3.63, 3.8) is 0 Å². The zero-order valence-electron chi connectivity index (χ0n) is 20.1. The third kappa shape index (κ3) is 6.81. The molecule has 35 heavy (non-hydrogen) atoms. The van der Waals surface area contributed by atoms with Crippen LogP contribution in [0.15, 0.2) is 58.3 Å². The van der Waals surface area contributed by atoms with Crippen molar-refractivity contribution in [1.82, 2.24) is 13.9 Å². The normalized spacial score (nSPS) is 15.2. The van der Waals surface area contributed by atoms with Crippen LogP contribution in [0.5, 0.6) is 5.75 Å². The number of hydrogen-bond donors (Lipinski definition) is 1. The Hall–Kier alpha value is -2.47. The van der Waals surface area contributed by atoms with E-state index in [1.807, 2.05) is 6.92 Å². The van der Waals surface area contributed by atoms with Gasteiger partial charge in [-0.05, 0) is 61.7 Å². The summed E-state index contributed by atoms with van der Waals surface area (Å²) in [5.41, 5.74) is 0.716. The highest BCUT2D eigenvalue weighted by atomic mass is 32.2. The highest BCUT2D eigenvalue weighted by Crippen LogP contribution is 2.21. The van der Waals surface area contributed by atoms with Gasteiger partial charge in [-0.3, -0.25) is 4.79 Å². The summed E-state index contributed by atoms with van der Waals surface area (Å²) in [6, 6.07) is 12.5. The molecule has 0 unspecified atom stereocenters. The number of rotatable bonds is 11. The first-order valence-electron chi connectivity index (χ1n) is 11.8. The van der Waals surface area contributed by atoms with Crippen LogP contribution in [0.25, 0.3) is 0 Å². The Morgan fingerprint density at radius 3 is 2.09 bits per heavy atom. The van der Waals surface area contributed by atoms with Crippen molar-refractivity contribution in [2.45, 2.75) is 49.4 Å². The largest absolute Gasteiger partial charge is 0.494 e. The average Bonchev–Trinajstić information content (AvgIpc) is 2.87. The van der Waals surface area contributed by atoms with Crippen LogP contribution < -0.4 is 10.1 Å². The third-order valence-electron chi connectivity index (χ3n) is 5.81. The lowest BCUT2D eigenvalue weighted by Crippen LogP contribution is -2.40. The topological polar surface area (TPSA) is 113 Å². The number of nitrogens with one attached hydrogen (secondary N) is 1. The fraction of sp³-hybridized carbons (Fsp3) is 0.458. The van der Waals surface area contributed by atoms with Gasteiger partial charge in [0.15, 0.2) is 0 Å². The Kier molecular flexibility index (Phi) is 9.28. The number of sulfonamides is 2. The molecule has 0 aliphatic carbocycles. The Bertz CT molecular complexity index is 1190. The predicted molar refractivity (Wildman–Crippen MR) is 133 cm³/mol. The summed E-state index contributed by atoms with van der Waals surface area (Å²) in [7, 11) is -7.36. The molecule has 1 amide bonds. The number of piperidine rings is 1. The van der Waals surface area contributed by atoms with Gasteiger partial charge in [0.25, 0.3) is 0 Å². The maximum Gasteiger partial charge on any atom is 0.243 e. The standard InChI is InChI=1S/C24H33N3O6S2/c1-3-26(34(29,30)23-14-10-21(11-15-23)33-4-2)19-24(28)25-18-20-8-12-22(13-9-20)35(31,32)27-16-6-5-7-17-27/h8-15H,3-7,16-19H2,1-2H3,(H,25,28). The lowest BCUT2D eigenvalue weighted by Gasteiger charge is -2.25. The summed E-state index contributed by atoms with van der Waals surface area (Å²) in [6.07, 6.45) is 2.78. The van der Waals surface area contributed by atoms with E-state index >= 15 is 0 Å². The van der Waals surface area contributed by atoms with Crippen molar-refractivity contribution in [1.29, 1.82) is 0 Å². The molecule has 1 saturated heterocycles. The number of hydrogen-bond acceptors (Lipinski definition) is 6. The Morgan fingerprint density at radius 2 is 1.51 bits per heavy atom. The summed E-state index contributed by atoms with van der Waals surface area (Å²) >= 11 is 0. The van der Waals surface area contributed by atoms with Gasteiger partial charge in [0.2, 0.25) is 26.0 Å². The molecule has 2 aromatic rings. The number of ether oxygens (including phenoxy) is 1. The van der Waals surface area contributed by atoms with E-state index in [-0.39, 0.29) is 29.4 Å². The first kappa shape index (κ1) is 27.1. The van der Waals surface area contributed by atoms with Crippen molar-refractivity contribution < 1.29 is 26.4 Å². The summed E-state index contributed by atoms with van der Waals surface area (Å²) in [5, 5.41) is 2.71. The molecular weight excluding hydrogens is 490 g/mol. The van der Waals surface area contributed by atoms with E-state index in [9.17, 15) is 21.6 Å². The molecule has 9 nitrogen and oxygen atoms in total. The van der Waals surface area contributed by atoms with Crippen LogP contribution in [0, 0.1) is 0 Å². The molecule has 1 aliphatic heterocycles. The van der Waals surface area contributed by atoms with Crippen LogP contribution in [0.3, 0.4) is 0 Å². The van der Waals surface area contributed by atoms with Crippen LogP contribution in [0.1, 0.15) is 38.7 Å². The number of amides is 1. The quantitative estimate of drug-likeness (QED) is 0.484. The lowest BCUT2D eigenvalue weighted by molar-refractivity contribution is -0.121. The van der Waals surface area contributed by atoms with Gasteiger partial charge < -0.3 is 10.1 Å². The van der Waals surface area contributed by atoms with E-state index in [0.29, 0.717) is 31.0 Å². The molecule has 1 N–H and O–H groups in total. The molecule has 0 atom stereocenters. The van der Waals surface area contributed by atoms with E-state index < -0.39 is 26.0 Å². The minimum Gasteiger partial charge on any atom is -0.494 e. The van der Waals surface area contributed by atoms with Gasteiger partial charge in [0.05, 0.1) is 22.9 Å². The van der Waals surface area contributed by atoms with E-state index in [4.69, 9.17) is 4.74 Å². The van der Waals surface area contributed by atoms with Gasteiger partial charge in [-0.2, -0.15) is 8.61 Å². The molecule has 1 fully saturated rings. The minimum absolute atomic E-state index is 0.0844. The third-order valence-corrected chi connectivity index (χ3v) is 9.66. The number of benzene rings is 2. The number of carbonyl (C=O) groups is 1. The summed E-state index contributed by atoms with van der Waals surface area (Å²) in [5.74, 6) is 0.119. The molecule has 0 radical (unpaired) electrons. The van der Waals surface area contributed by atoms with Crippen LogP contribution >= 0.6 is 0 Å². The second kappa shape index (κ2) is 12.0. The van der Waals surface area contributed by atoms with E-state index in [0.717, 1.165) is 23.6 Å². The number of nitrogens with zero attached hydrogens (tertiary/aromatic N) is 2. The first-order valence-corrected chi connectivity index (χ1v) is 14.6. The molecule has 0 spiro atoms. The summed E-state index contributed by atoms with van der Waals surface area (Å²) in [6.45, 7) is 5.02.